The summed E-state index contributed by atoms with van der Waals surface area (Å²) in [5.74, 6) is 0.489. The van der Waals surface area contributed by atoms with Crippen LogP contribution in [0.15, 0.2) is 127 Å². The summed E-state index contributed by atoms with van der Waals surface area (Å²) in [5, 5.41) is 0. The number of anilines is 5. The Labute approximate surface area is 351 Å². The Balaban J connectivity index is 1.49. The molecule has 0 radical (unpaired) electrons. The minimum atomic E-state index is -0.253. The van der Waals surface area contributed by atoms with Crippen LogP contribution in [-0.2, 0) is 21.7 Å². The number of nitrogens with zero attached hydrogens (tertiary/aromatic N) is 2. The van der Waals surface area contributed by atoms with Crippen LogP contribution in [0.1, 0.15) is 131 Å². The zero-order valence-electron chi connectivity index (χ0n) is 37.8. The molecule has 0 spiro atoms. The van der Waals surface area contributed by atoms with E-state index in [9.17, 15) is 0 Å². The second-order valence-corrected chi connectivity index (χ2v) is 22.1. The second kappa shape index (κ2) is 13.7. The fourth-order valence-corrected chi connectivity index (χ4v) is 9.40. The standard InChI is InChI=1S/C55H65BN2/c1-51(2,3)36-20-26-42(27-21-36)57-46-30-24-39(53(7,8)9)32-44(46)56-45-33-40(54(10,11)12)25-31-47(45)58(43-28-22-37(23-29-43)52(4,5)6)49-35-41(34-48(57)50(49)56)55(13,14)38-18-16-15-17-19-38/h15-22,24-35,37H,23H2,1-14H3. The number of hydrogen-bond acceptors (Lipinski definition) is 2. The van der Waals surface area contributed by atoms with E-state index >= 15 is 0 Å². The Morgan fingerprint density at radius 3 is 1.47 bits per heavy atom. The molecule has 0 N–H and O–H groups in total. The lowest BCUT2D eigenvalue weighted by Crippen LogP contribution is -2.62. The predicted octanol–water partition coefficient (Wildman–Crippen LogP) is 13.2. The van der Waals surface area contributed by atoms with Gasteiger partial charge in [-0.15, -0.1) is 0 Å². The molecule has 1 atom stereocenters. The normalized spacial score (nSPS) is 16.8. The van der Waals surface area contributed by atoms with Gasteiger partial charge in [-0.2, -0.15) is 0 Å². The summed E-state index contributed by atoms with van der Waals surface area (Å²) >= 11 is 0. The maximum absolute atomic E-state index is 2.62. The van der Waals surface area contributed by atoms with Crippen molar-refractivity contribution in [2.75, 3.05) is 9.80 Å². The van der Waals surface area contributed by atoms with E-state index in [1.807, 2.05) is 0 Å². The molecule has 0 aromatic heterocycles. The van der Waals surface area contributed by atoms with Gasteiger partial charge in [0, 0.05) is 39.5 Å². The highest BCUT2D eigenvalue weighted by molar-refractivity contribution is 7.00. The van der Waals surface area contributed by atoms with Crippen LogP contribution in [0.4, 0.5) is 28.4 Å². The van der Waals surface area contributed by atoms with Gasteiger partial charge in [0.05, 0.1) is 0 Å². The largest absolute Gasteiger partial charge is 0.312 e. The number of benzene rings is 5. The molecule has 3 heteroatoms. The molecule has 8 rings (SSSR count). The van der Waals surface area contributed by atoms with Crippen LogP contribution in [0.5, 0.6) is 0 Å². The van der Waals surface area contributed by atoms with Crippen LogP contribution in [0.3, 0.4) is 0 Å². The molecule has 1 aliphatic carbocycles. The molecule has 2 aliphatic heterocycles. The van der Waals surface area contributed by atoms with Gasteiger partial charge in [0.2, 0.25) is 0 Å². The smallest absolute Gasteiger partial charge is 0.252 e. The van der Waals surface area contributed by atoms with Crippen molar-refractivity contribution in [2.45, 2.75) is 125 Å². The fraction of sp³-hybridized carbons (Fsp3) is 0.382. The summed E-state index contributed by atoms with van der Waals surface area (Å²) < 4.78 is 0. The third kappa shape index (κ3) is 6.87. The lowest BCUT2D eigenvalue weighted by atomic mass is 9.33. The Morgan fingerprint density at radius 1 is 0.483 bits per heavy atom. The molecule has 5 aromatic rings. The fourth-order valence-electron chi connectivity index (χ4n) is 9.40. The van der Waals surface area contributed by atoms with Crippen molar-refractivity contribution < 1.29 is 0 Å². The molecule has 0 saturated carbocycles. The van der Waals surface area contributed by atoms with Crippen molar-refractivity contribution in [3.8, 4) is 0 Å². The number of rotatable bonds is 4. The van der Waals surface area contributed by atoms with Gasteiger partial charge in [0.25, 0.3) is 6.71 Å². The van der Waals surface area contributed by atoms with Crippen LogP contribution in [0.25, 0.3) is 0 Å². The lowest BCUT2D eigenvalue weighted by molar-refractivity contribution is 0.293. The van der Waals surface area contributed by atoms with E-state index in [4.69, 9.17) is 0 Å². The average Bonchev–Trinajstić information content (AvgIpc) is 3.16. The van der Waals surface area contributed by atoms with Crippen molar-refractivity contribution in [2.24, 2.45) is 11.3 Å². The van der Waals surface area contributed by atoms with Gasteiger partial charge >= 0.3 is 0 Å². The van der Waals surface area contributed by atoms with Gasteiger partial charge in [0.15, 0.2) is 0 Å². The molecular formula is C55H65BN2. The summed E-state index contributed by atoms with van der Waals surface area (Å²) in [6.45, 7) is 33.0. The van der Waals surface area contributed by atoms with Crippen molar-refractivity contribution in [3.63, 3.8) is 0 Å². The van der Waals surface area contributed by atoms with E-state index in [0.717, 1.165) is 6.42 Å². The van der Waals surface area contributed by atoms with Gasteiger partial charge in [-0.1, -0.05) is 176 Å². The monoisotopic (exact) mass is 765 g/mol. The summed E-state index contributed by atoms with van der Waals surface area (Å²) in [4.78, 5) is 5.21. The third-order valence-corrected chi connectivity index (χ3v) is 13.5. The first-order chi connectivity index (χ1) is 27.0. The molecule has 0 saturated heterocycles. The van der Waals surface area contributed by atoms with Crippen LogP contribution in [0, 0.1) is 11.3 Å². The topological polar surface area (TPSA) is 6.48 Å². The molecule has 0 fully saturated rings. The van der Waals surface area contributed by atoms with E-state index in [-0.39, 0.29) is 33.8 Å². The number of hydrogen-bond donors (Lipinski definition) is 0. The molecule has 2 heterocycles. The quantitative estimate of drug-likeness (QED) is 0.165. The molecular weight excluding hydrogens is 699 g/mol. The minimum absolute atomic E-state index is 0.00101. The first-order valence-electron chi connectivity index (χ1n) is 21.7. The van der Waals surface area contributed by atoms with E-state index in [0.29, 0.717) is 5.92 Å². The molecule has 0 amide bonds. The van der Waals surface area contributed by atoms with E-state index in [1.54, 1.807) is 0 Å². The van der Waals surface area contributed by atoms with Crippen LogP contribution >= 0.6 is 0 Å². The molecule has 5 aromatic carbocycles. The Bertz CT molecular complexity index is 2440. The zero-order chi connectivity index (χ0) is 41.7. The molecule has 58 heavy (non-hydrogen) atoms. The zero-order valence-corrected chi connectivity index (χ0v) is 37.8. The van der Waals surface area contributed by atoms with Gasteiger partial charge in [-0.25, -0.2) is 0 Å². The summed E-state index contributed by atoms with van der Waals surface area (Å²) in [6, 6.07) is 40.3. The van der Waals surface area contributed by atoms with Gasteiger partial charge in [-0.05, 0) is 121 Å². The molecule has 3 aliphatic rings. The average molecular weight is 765 g/mol. The maximum atomic E-state index is 2.62. The van der Waals surface area contributed by atoms with E-state index in [1.165, 1.54) is 78.3 Å². The molecule has 298 valence electrons. The van der Waals surface area contributed by atoms with Crippen LogP contribution < -0.4 is 26.2 Å². The summed E-state index contributed by atoms with van der Waals surface area (Å²) in [6.07, 6.45) is 8.42. The lowest BCUT2D eigenvalue weighted by Gasteiger charge is -2.46. The van der Waals surface area contributed by atoms with Crippen LogP contribution in [0.2, 0.25) is 0 Å². The van der Waals surface area contributed by atoms with Gasteiger partial charge in [0.1, 0.15) is 0 Å². The second-order valence-electron chi connectivity index (χ2n) is 22.1. The number of fused-ring (bicyclic) bond motifs is 4. The first kappa shape index (κ1) is 40.0. The Kier molecular flexibility index (Phi) is 9.43. The minimum Gasteiger partial charge on any atom is -0.312 e. The highest BCUT2D eigenvalue weighted by Gasteiger charge is 2.45. The Morgan fingerprint density at radius 2 is 0.983 bits per heavy atom. The van der Waals surface area contributed by atoms with E-state index < -0.39 is 0 Å². The summed E-state index contributed by atoms with van der Waals surface area (Å²) in [5.41, 5.74) is 18.4. The molecule has 2 nitrogen and oxygen atoms in total. The summed E-state index contributed by atoms with van der Waals surface area (Å²) in [7, 11) is 0. The van der Waals surface area contributed by atoms with Gasteiger partial charge in [-0.3, -0.25) is 0 Å². The molecule has 1 unspecified atom stereocenters. The SMILES string of the molecule is CC(C)(C)c1ccc(N2c3ccc(C(C)(C)C)cc3B3c4cc(C(C)(C)C)ccc4N(C4=CCC(C(C)(C)C)C=C4)c4cc(C(C)(C)c5ccccc5)cc2c43)cc1. The van der Waals surface area contributed by atoms with Crippen molar-refractivity contribution >= 4 is 51.5 Å². The molecule has 0 bridgehead atoms. The maximum Gasteiger partial charge on any atom is 0.252 e. The van der Waals surface area contributed by atoms with Crippen molar-refractivity contribution in [1.82, 2.24) is 0 Å². The third-order valence-electron chi connectivity index (χ3n) is 13.5. The highest BCUT2D eigenvalue weighted by atomic mass is 15.2. The van der Waals surface area contributed by atoms with Crippen molar-refractivity contribution in [3.05, 3.63) is 155 Å². The number of allylic oxidation sites excluding steroid dienone is 3. The predicted molar refractivity (Wildman–Crippen MR) is 254 cm³/mol. The van der Waals surface area contributed by atoms with Crippen molar-refractivity contribution in [1.29, 1.82) is 0 Å². The van der Waals surface area contributed by atoms with Gasteiger partial charge < -0.3 is 9.80 Å². The van der Waals surface area contributed by atoms with Crippen LogP contribution in [-0.4, -0.2) is 6.71 Å². The van der Waals surface area contributed by atoms with E-state index in [2.05, 4.69) is 228 Å². The first-order valence-corrected chi connectivity index (χ1v) is 21.7. The highest BCUT2D eigenvalue weighted by Crippen LogP contribution is 2.48. The Hall–Kier alpha value is -4.76.